The number of hydrogen-bond donors (Lipinski definition) is 0. The first-order valence-electron chi connectivity index (χ1n) is 3.94. The molecule has 0 spiro atoms. The number of allylic oxidation sites excluding steroid dienone is 1. The zero-order chi connectivity index (χ0) is 11.5. The third-order valence-electron chi connectivity index (χ3n) is 1.58. The van der Waals surface area contributed by atoms with Gasteiger partial charge in [0.15, 0.2) is 0 Å². The Bertz CT molecular complexity index is 379. The molecule has 15 heavy (non-hydrogen) atoms. The summed E-state index contributed by atoms with van der Waals surface area (Å²) >= 11 is 5.58. The first kappa shape index (κ1) is 11.8. The molecule has 0 N–H and O–H groups in total. The van der Waals surface area contributed by atoms with E-state index in [1.807, 2.05) is 0 Å². The van der Waals surface area contributed by atoms with Crippen LogP contribution in [-0.4, -0.2) is 12.0 Å². The second-order valence-corrected chi connectivity index (χ2v) is 3.18. The number of alkyl halides is 3. The SMILES string of the molecule is O=C(C=Cc1ccc(Cl)cc1)C(F)(F)F. The maximum atomic E-state index is 11.8. The van der Waals surface area contributed by atoms with E-state index in [1.54, 1.807) is 0 Å². The molecule has 0 aliphatic rings. The molecule has 1 aromatic carbocycles. The largest absolute Gasteiger partial charge is 0.454 e. The average molecular weight is 235 g/mol. The third kappa shape index (κ3) is 3.75. The molecule has 0 aliphatic carbocycles. The molecule has 5 heteroatoms. The Kier molecular flexibility index (Phi) is 3.52. The van der Waals surface area contributed by atoms with Crippen LogP contribution in [0.5, 0.6) is 0 Å². The second-order valence-electron chi connectivity index (χ2n) is 2.75. The van der Waals surface area contributed by atoms with Crippen LogP contribution in [0.3, 0.4) is 0 Å². The smallest absolute Gasteiger partial charge is 0.285 e. The summed E-state index contributed by atoms with van der Waals surface area (Å²) < 4.78 is 35.4. The van der Waals surface area contributed by atoms with Crippen LogP contribution in [0.1, 0.15) is 5.56 Å². The van der Waals surface area contributed by atoms with Crippen molar-refractivity contribution in [1.29, 1.82) is 0 Å². The van der Waals surface area contributed by atoms with Crippen LogP contribution in [0.4, 0.5) is 13.2 Å². The summed E-state index contributed by atoms with van der Waals surface area (Å²) in [4.78, 5) is 10.5. The molecular formula is C10H6ClF3O. The van der Waals surface area contributed by atoms with Crippen LogP contribution in [0.25, 0.3) is 6.08 Å². The van der Waals surface area contributed by atoms with Crippen molar-refractivity contribution in [2.75, 3.05) is 0 Å². The zero-order valence-electron chi connectivity index (χ0n) is 7.38. The van der Waals surface area contributed by atoms with Crippen LogP contribution >= 0.6 is 11.6 Å². The Morgan fingerprint density at radius 1 is 1.20 bits per heavy atom. The number of rotatable bonds is 2. The molecule has 0 amide bonds. The van der Waals surface area contributed by atoms with E-state index in [0.717, 1.165) is 6.08 Å². The van der Waals surface area contributed by atoms with Gasteiger partial charge in [0.2, 0.25) is 0 Å². The summed E-state index contributed by atoms with van der Waals surface area (Å²) in [7, 11) is 0. The van der Waals surface area contributed by atoms with Crippen LogP contribution in [0, 0.1) is 0 Å². The normalized spacial score (nSPS) is 12.0. The number of hydrogen-bond acceptors (Lipinski definition) is 1. The molecule has 0 aromatic heterocycles. The lowest BCUT2D eigenvalue weighted by molar-refractivity contribution is -0.165. The molecule has 1 nitrogen and oxygen atoms in total. The van der Waals surface area contributed by atoms with Crippen molar-refractivity contribution < 1.29 is 18.0 Å². The number of benzene rings is 1. The van der Waals surface area contributed by atoms with Gasteiger partial charge in [-0.2, -0.15) is 13.2 Å². The van der Waals surface area contributed by atoms with E-state index in [-0.39, 0.29) is 0 Å². The van der Waals surface area contributed by atoms with E-state index in [4.69, 9.17) is 11.6 Å². The molecular weight excluding hydrogens is 229 g/mol. The molecule has 80 valence electrons. The molecule has 0 atom stereocenters. The number of halogens is 4. The van der Waals surface area contributed by atoms with E-state index < -0.39 is 12.0 Å². The Hall–Kier alpha value is -1.29. The minimum Gasteiger partial charge on any atom is -0.285 e. The van der Waals surface area contributed by atoms with Gasteiger partial charge < -0.3 is 0 Å². The van der Waals surface area contributed by atoms with Gasteiger partial charge in [-0.05, 0) is 23.8 Å². The average Bonchev–Trinajstić information content (AvgIpc) is 2.15. The van der Waals surface area contributed by atoms with Crippen molar-refractivity contribution >= 4 is 23.5 Å². The third-order valence-corrected chi connectivity index (χ3v) is 1.83. The van der Waals surface area contributed by atoms with Gasteiger partial charge >= 0.3 is 6.18 Å². The molecule has 1 aromatic rings. The van der Waals surface area contributed by atoms with Gasteiger partial charge in [-0.3, -0.25) is 4.79 Å². The van der Waals surface area contributed by atoms with Gasteiger partial charge in [0.1, 0.15) is 0 Å². The molecule has 0 heterocycles. The van der Waals surface area contributed by atoms with E-state index in [2.05, 4.69) is 0 Å². The predicted octanol–water partition coefficient (Wildman–Crippen LogP) is 3.48. The maximum absolute atomic E-state index is 11.8. The van der Waals surface area contributed by atoms with Crippen LogP contribution < -0.4 is 0 Å². The van der Waals surface area contributed by atoms with Crippen molar-refractivity contribution in [3.05, 3.63) is 40.9 Å². The fraction of sp³-hybridized carbons (Fsp3) is 0.100. The summed E-state index contributed by atoms with van der Waals surface area (Å²) in [5.74, 6) is -1.88. The minimum atomic E-state index is -4.82. The lowest BCUT2D eigenvalue weighted by Gasteiger charge is -1.99. The fourth-order valence-electron chi connectivity index (χ4n) is 0.840. The standard InChI is InChI=1S/C10H6ClF3O/c11-8-4-1-7(2-5-8)3-6-9(15)10(12,13)14/h1-6H. The highest BCUT2D eigenvalue weighted by Gasteiger charge is 2.35. The summed E-state index contributed by atoms with van der Waals surface area (Å²) in [5, 5.41) is 0.481. The minimum absolute atomic E-state index is 0.481. The molecule has 0 saturated heterocycles. The Labute approximate surface area is 89.2 Å². The zero-order valence-corrected chi connectivity index (χ0v) is 8.14. The molecule has 0 unspecified atom stereocenters. The lowest BCUT2D eigenvalue weighted by atomic mass is 10.2. The first-order chi connectivity index (χ1) is 6.89. The summed E-state index contributed by atoms with van der Waals surface area (Å²) in [6, 6.07) is 6.09. The van der Waals surface area contributed by atoms with Crippen molar-refractivity contribution in [2.24, 2.45) is 0 Å². The summed E-state index contributed by atoms with van der Waals surface area (Å²) in [6.45, 7) is 0. The maximum Gasteiger partial charge on any atom is 0.454 e. The van der Waals surface area contributed by atoms with Gasteiger partial charge in [0, 0.05) is 5.02 Å². The molecule has 0 radical (unpaired) electrons. The van der Waals surface area contributed by atoms with Crippen LogP contribution in [0.2, 0.25) is 5.02 Å². The number of carbonyl (C=O) groups is 1. The van der Waals surface area contributed by atoms with E-state index in [9.17, 15) is 18.0 Å². The Balaban J connectivity index is 2.74. The molecule has 1 rings (SSSR count). The van der Waals surface area contributed by atoms with Crippen molar-refractivity contribution in [1.82, 2.24) is 0 Å². The van der Waals surface area contributed by atoms with Gasteiger partial charge in [0.05, 0.1) is 0 Å². The number of ketones is 1. The van der Waals surface area contributed by atoms with Gasteiger partial charge in [-0.25, -0.2) is 0 Å². The second kappa shape index (κ2) is 4.49. The van der Waals surface area contributed by atoms with Crippen molar-refractivity contribution in [3.8, 4) is 0 Å². The highest BCUT2D eigenvalue weighted by molar-refractivity contribution is 6.30. The van der Waals surface area contributed by atoms with E-state index >= 15 is 0 Å². The summed E-state index contributed by atoms with van der Waals surface area (Å²) in [5.41, 5.74) is 0.483. The van der Waals surface area contributed by atoms with Crippen LogP contribution in [-0.2, 0) is 4.79 Å². The molecule has 0 aliphatic heterocycles. The van der Waals surface area contributed by atoms with Gasteiger partial charge in [-0.15, -0.1) is 0 Å². The van der Waals surface area contributed by atoms with E-state index in [1.165, 1.54) is 24.3 Å². The lowest BCUT2D eigenvalue weighted by Crippen LogP contribution is -2.19. The topological polar surface area (TPSA) is 17.1 Å². The first-order valence-corrected chi connectivity index (χ1v) is 4.32. The highest BCUT2D eigenvalue weighted by Crippen LogP contribution is 2.17. The number of carbonyl (C=O) groups excluding carboxylic acids is 1. The van der Waals surface area contributed by atoms with Crippen LogP contribution in [0.15, 0.2) is 30.3 Å². The fourth-order valence-corrected chi connectivity index (χ4v) is 0.966. The molecule has 0 fully saturated rings. The Morgan fingerprint density at radius 3 is 2.20 bits per heavy atom. The van der Waals surface area contributed by atoms with Gasteiger partial charge in [-0.1, -0.05) is 29.8 Å². The molecule has 0 bridgehead atoms. The summed E-state index contributed by atoms with van der Waals surface area (Å²) in [6.07, 6.45) is -3.24. The highest BCUT2D eigenvalue weighted by atomic mass is 35.5. The van der Waals surface area contributed by atoms with E-state index in [0.29, 0.717) is 16.7 Å². The predicted molar refractivity (Wildman–Crippen MR) is 51.5 cm³/mol. The quantitative estimate of drug-likeness (QED) is 0.716. The van der Waals surface area contributed by atoms with Crippen molar-refractivity contribution in [2.45, 2.75) is 6.18 Å². The van der Waals surface area contributed by atoms with Crippen molar-refractivity contribution in [3.63, 3.8) is 0 Å². The van der Waals surface area contributed by atoms with Gasteiger partial charge in [0.25, 0.3) is 5.78 Å². The Morgan fingerprint density at radius 2 is 1.73 bits per heavy atom. The molecule has 0 saturated carbocycles. The monoisotopic (exact) mass is 234 g/mol.